The van der Waals surface area contributed by atoms with Crippen LogP contribution in [0, 0.1) is 17.6 Å². The van der Waals surface area contributed by atoms with E-state index in [-0.39, 0.29) is 35.1 Å². The van der Waals surface area contributed by atoms with Gasteiger partial charge in [-0.2, -0.15) is 14.2 Å². The molecular weight excluding hydrogens is 548 g/mol. The van der Waals surface area contributed by atoms with Crippen LogP contribution < -0.4 is 15.8 Å². The third kappa shape index (κ3) is 6.47. The number of nitrogen functional groups attached to an aromatic ring is 1. The molecule has 3 N–H and O–H groups in total. The molecule has 1 amide bonds. The number of ether oxygens (including phenoxy) is 2. The SMILES string of the molecule is Cn1cc(-c2cnc(N)c(-c3nnnn3-c3ccc(OC4CCC(CNC(=O)OC(C)(C)C)CC4)c(F)c3F)c2)cn1. The Morgan fingerprint density at radius 2 is 1.88 bits per heavy atom. The highest BCUT2D eigenvalue weighted by molar-refractivity contribution is 5.76. The van der Waals surface area contributed by atoms with Crippen LogP contribution in [0.4, 0.5) is 19.4 Å². The highest BCUT2D eigenvalue weighted by atomic mass is 19.2. The Hall–Kier alpha value is -4.62. The molecule has 14 heteroatoms. The number of carbonyl (C=O) groups is 1. The number of carbonyl (C=O) groups excluding carboxylic acids is 1. The molecule has 3 aromatic heterocycles. The van der Waals surface area contributed by atoms with Crippen molar-refractivity contribution in [1.82, 2.24) is 40.3 Å². The third-order valence-electron chi connectivity index (χ3n) is 6.94. The Bertz CT molecular complexity index is 1570. The topological polar surface area (TPSA) is 148 Å². The summed E-state index contributed by atoms with van der Waals surface area (Å²) in [5.41, 5.74) is 7.19. The summed E-state index contributed by atoms with van der Waals surface area (Å²) in [6.07, 6.45) is 7.13. The van der Waals surface area contributed by atoms with Gasteiger partial charge in [0.25, 0.3) is 0 Å². The van der Waals surface area contributed by atoms with Crippen LogP contribution in [0.1, 0.15) is 46.5 Å². The second-order valence-electron chi connectivity index (χ2n) is 11.3. The van der Waals surface area contributed by atoms with Crippen molar-refractivity contribution in [3.63, 3.8) is 0 Å². The fraction of sp³-hybridized carbons (Fsp3) is 0.429. The molecule has 3 heterocycles. The van der Waals surface area contributed by atoms with Gasteiger partial charge in [0.2, 0.25) is 5.82 Å². The number of hydrogen-bond acceptors (Lipinski definition) is 9. The van der Waals surface area contributed by atoms with Crippen molar-refractivity contribution < 1.29 is 23.0 Å². The summed E-state index contributed by atoms with van der Waals surface area (Å²) in [7, 11) is 1.79. The number of hydrogen-bond donors (Lipinski definition) is 2. The third-order valence-corrected chi connectivity index (χ3v) is 6.94. The molecule has 0 unspecified atom stereocenters. The lowest BCUT2D eigenvalue weighted by atomic mass is 9.87. The Balaban J connectivity index is 1.27. The predicted molar refractivity (Wildman–Crippen MR) is 150 cm³/mol. The van der Waals surface area contributed by atoms with Gasteiger partial charge in [-0.25, -0.2) is 14.2 Å². The minimum Gasteiger partial charge on any atom is -0.487 e. The fourth-order valence-corrected chi connectivity index (χ4v) is 4.85. The van der Waals surface area contributed by atoms with Crippen LogP contribution in [0.3, 0.4) is 0 Å². The van der Waals surface area contributed by atoms with Crippen LogP contribution >= 0.6 is 0 Å². The first-order chi connectivity index (χ1) is 20.0. The maximum Gasteiger partial charge on any atom is 0.407 e. The number of amides is 1. The molecule has 0 atom stereocenters. The number of benzene rings is 1. The van der Waals surface area contributed by atoms with Crippen LogP contribution in [0.2, 0.25) is 0 Å². The molecule has 222 valence electrons. The molecule has 1 aliphatic rings. The number of aromatic nitrogens is 7. The van der Waals surface area contributed by atoms with Crippen molar-refractivity contribution >= 4 is 11.9 Å². The second-order valence-corrected chi connectivity index (χ2v) is 11.3. The Kier molecular flexibility index (Phi) is 8.05. The van der Waals surface area contributed by atoms with E-state index >= 15 is 8.78 Å². The molecule has 42 heavy (non-hydrogen) atoms. The first-order valence-corrected chi connectivity index (χ1v) is 13.6. The first-order valence-electron chi connectivity index (χ1n) is 13.6. The van der Waals surface area contributed by atoms with E-state index in [4.69, 9.17) is 15.2 Å². The zero-order valence-electron chi connectivity index (χ0n) is 23.8. The van der Waals surface area contributed by atoms with E-state index in [1.807, 2.05) is 20.8 Å². The zero-order valence-corrected chi connectivity index (χ0v) is 23.8. The number of tetrazole rings is 1. The lowest BCUT2D eigenvalue weighted by Gasteiger charge is -2.29. The molecular formula is C28H33F2N9O3. The number of rotatable bonds is 7. The van der Waals surface area contributed by atoms with Gasteiger partial charge < -0.3 is 20.5 Å². The van der Waals surface area contributed by atoms with Gasteiger partial charge in [-0.15, -0.1) is 5.10 Å². The normalized spacial score (nSPS) is 17.2. The summed E-state index contributed by atoms with van der Waals surface area (Å²) in [5, 5.41) is 18.5. The van der Waals surface area contributed by atoms with Crippen LogP contribution in [0.5, 0.6) is 5.75 Å². The molecule has 0 radical (unpaired) electrons. The Labute approximate surface area is 241 Å². The Morgan fingerprint density at radius 1 is 1.12 bits per heavy atom. The summed E-state index contributed by atoms with van der Waals surface area (Å²) >= 11 is 0. The maximum absolute atomic E-state index is 15.4. The Morgan fingerprint density at radius 3 is 2.57 bits per heavy atom. The summed E-state index contributed by atoms with van der Waals surface area (Å²) in [6, 6.07) is 4.44. The molecule has 0 spiro atoms. The van der Waals surface area contributed by atoms with Gasteiger partial charge in [0, 0.05) is 37.1 Å². The van der Waals surface area contributed by atoms with Crippen LogP contribution in [0.25, 0.3) is 28.2 Å². The van der Waals surface area contributed by atoms with Crippen molar-refractivity contribution in [2.75, 3.05) is 12.3 Å². The molecule has 0 saturated heterocycles. The number of nitrogens with two attached hydrogens (primary N) is 1. The molecule has 0 aliphatic heterocycles. The number of halogens is 2. The van der Waals surface area contributed by atoms with E-state index in [1.54, 1.807) is 36.4 Å². The van der Waals surface area contributed by atoms with Crippen molar-refractivity contribution in [3.8, 4) is 34.0 Å². The predicted octanol–water partition coefficient (Wildman–Crippen LogP) is 4.45. The molecule has 4 aromatic rings. The molecule has 1 fully saturated rings. The van der Waals surface area contributed by atoms with Crippen molar-refractivity contribution in [2.24, 2.45) is 13.0 Å². The maximum atomic E-state index is 15.4. The van der Waals surface area contributed by atoms with E-state index in [0.717, 1.165) is 23.1 Å². The van der Waals surface area contributed by atoms with Gasteiger partial charge in [-0.05, 0) is 81.0 Å². The van der Waals surface area contributed by atoms with E-state index in [1.165, 1.54) is 12.1 Å². The lowest BCUT2D eigenvalue weighted by molar-refractivity contribution is 0.0507. The highest BCUT2D eigenvalue weighted by Crippen LogP contribution is 2.33. The highest BCUT2D eigenvalue weighted by Gasteiger charge is 2.27. The summed E-state index contributed by atoms with van der Waals surface area (Å²) in [4.78, 5) is 16.2. The van der Waals surface area contributed by atoms with Gasteiger partial charge in [0.1, 0.15) is 17.1 Å². The van der Waals surface area contributed by atoms with E-state index in [2.05, 4.69) is 30.9 Å². The monoisotopic (exact) mass is 581 g/mol. The van der Waals surface area contributed by atoms with Crippen LogP contribution in [0.15, 0.2) is 36.8 Å². The average Bonchev–Trinajstić information content (AvgIpc) is 3.60. The number of anilines is 1. The van der Waals surface area contributed by atoms with Crippen LogP contribution in [-0.4, -0.2) is 59.3 Å². The second kappa shape index (κ2) is 11.7. The van der Waals surface area contributed by atoms with Gasteiger partial charge >= 0.3 is 6.09 Å². The molecule has 1 aliphatic carbocycles. The minimum absolute atomic E-state index is 0.0935. The molecule has 1 aromatic carbocycles. The smallest absolute Gasteiger partial charge is 0.407 e. The summed E-state index contributed by atoms with van der Waals surface area (Å²) in [6.45, 7) is 5.91. The number of pyridine rings is 1. The van der Waals surface area contributed by atoms with Gasteiger partial charge in [0.15, 0.2) is 17.4 Å². The lowest BCUT2D eigenvalue weighted by Crippen LogP contribution is -2.37. The van der Waals surface area contributed by atoms with Gasteiger partial charge in [-0.1, -0.05) is 0 Å². The first kappa shape index (κ1) is 28.9. The molecule has 12 nitrogen and oxygen atoms in total. The van der Waals surface area contributed by atoms with E-state index < -0.39 is 23.3 Å². The summed E-state index contributed by atoms with van der Waals surface area (Å²) in [5.74, 6) is -2.03. The fourth-order valence-electron chi connectivity index (χ4n) is 4.85. The molecule has 1 saturated carbocycles. The van der Waals surface area contributed by atoms with Gasteiger partial charge in [0.05, 0.1) is 17.9 Å². The largest absolute Gasteiger partial charge is 0.487 e. The number of nitrogens with zero attached hydrogens (tertiary/aromatic N) is 7. The molecule has 0 bridgehead atoms. The minimum atomic E-state index is -1.16. The van der Waals surface area contributed by atoms with E-state index in [0.29, 0.717) is 30.5 Å². The van der Waals surface area contributed by atoms with E-state index in [9.17, 15) is 4.79 Å². The number of aryl methyl sites for hydroxylation is 1. The summed E-state index contributed by atoms with van der Waals surface area (Å²) < 4.78 is 44.5. The van der Waals surface area contributed by atoms with Crippen molar-refractivity contribution in [1.29, 1.82) is 0 Å². The standard InChI is InChI=1S/C28H33F2N9O3/c1-28(2,3)42-27(40)33-12-16-5-7-19(8-6-16)41-22-10-9-21(23(29)24(22)30)39-26(35-36-37-39)20-11-17(13-32-25(20)31)18-14-34-38(4)15-18/h9-11,13-16,19H,5-8,12H2,1-4H3,(H2,31,32)(H,33,40). The average molecular weight is 582 g/mol. The van der Waals surface area contributed by atoms with Crippen LogP contribution in [-0.2, 0) is 11.8 Å². The number of nitrogens with one attached hydrogen (secondary N) is 1. The van der Waals surface area contributed by atoms with Crippen molar-refractivity contribution in [2.45, 2.75) is 58.2 Å². The number of alkyl carbamates (subject to hydrolysis) is 1. The van der Waals surface area contributed by atoms with Crippen molar-refractivity contribution in [3.05, 3.63) is 48.4 Å². The molecule has 5 rings (SSSR count). The van der Waals surface area contributed by atoms with Gasteiger partial charge in [-0.3, -0.25) is 4.68 Å². The quantitative estimate of drug-likeness (QED) is 0.323. The zero-order chi connectivity index (χ0) is 30.0.